The third-order valence-electron chi connectivity index (χ3n) is 6.46. The molecular formula is C23H29N3O5. The van der Waals surface area contributed by atoms with Crippen molar-refractivity contribution < 1.29 is 23.9 Å². The molecule has 1 aromatic carbocycles. The number of anilines is 1. The topological polar surface area (TPSA) is 96.0 Å². The van der Waals surface area contributed by atoms with Crippen LogP contribution in [-0.4, -0.2) is 54.0 Å². The largest absolute Gasteiger partial charge is 0.454 e. The lowest BCUT2D eigenvalue weighted by Crippen LogP contribution is -2.54. The van der Waals surface area contributed by atoms with Crippen molar-refractivity contribution >= 4 is 29.5 Å². The zero-order chi connectivity index (χ0) is 22.4. The molecule has 2 aliphatic heterocycles. The van der Waals surface area contributed by atoms with Gasteiger partial charge in [-0.2, -0.15) is 0 Å². The molecule has 2 atom stereocenters. The van der Waals surface area contributed by atoms with Crippen molar-refractivity contribution in [1.82, 2.24) is 10.2 Å². The van der Waals surface area contributed by atoms with Crippen molar-refractivity contribution in [2.75, 3.05) is 24.6 Å². The van der Waals surface area contributed by atoms with Gasteiger partial charge in [0.15, 0.2) is 6.61 Å². The van der Waals surface area contributed by atoms with E-state index >= 15 is 0 Å². The smallest absolute Gasteiger partial charge is 0.326 e. The van der Waals surface area contributed by atoms with E-state index in [4.69, 9.17) is 4.74 Å². The van der Waals surface area contributed by atoms with Crippen molar-refractivity contribution in [1.29, 1.82) is 0 Å². The Bertz CT molecular complexity index is 943. The van der Waals surface area contributed by atoms with Gasteiger partial charge in [-0.05, 0) is 48.6 Å². The van der Waals surface area contributed by atoms with Crippen molar-refractivity contribution in [3.05, 3.63) is 29.8 Å². The van der Waals surface area contributed by atoms with Crippen LogP contribution in [0.3, 0.4) is 0 Å². The first-order valence-corrected chi connectivity index (χ1v) is 10.8. The molecule has 1 saturated carbocycles. The quantitative estimate of drug-likeness (QED) is 0.587. The Morgan fingerprint density at radius 1 is 1.19 bits per heavy atom. The Balaban J connectivity index is 1.35. The Morgan fingerprint density at radius 3 is 2.68 bits per heavy atom. The maximum absolute atomic E-state index is 13.1. The highest BCUT2D eigenvalue weighted by atomic mass is 16.5. The van der Waals surface area contributed by atoms with Crippen LogP contribution in [0.1, 0.15) is 45.6 Å². The first-order chi connectivity index (χ1) is 14.6. The van der Waals surface area contributed by atoms with E-state index in [1.54, 1.807) is 4.90 Å². The minimum Gasteiger partial charge on any atom is -0.454 e. The monoisotopic (exact) mass is 427 g/mol. The maximum Gasteiger partial charge on any atom is 0.326 e. The molecular weight excluding hydrogens is 398 g/mol. The van der Waals surface area contributed by atoms with Crippen LogP contribution in [0.5, 0.6) is 0 Å². The summed E-state index contributed by atoms with van der Waals surface area (Å²) in [4.78, 5) is 53.0. The van der Waals surface area contributed by atoms with Gasteiger partial charge in [0, 0.05) is 12.2 Å². The molecule has 1 saturated heterocycles. The highest BCUT2D eigenvalue weighted by Gasteiger charge is 2.56. The van der Waals surface area contributed by atoms with Crippen molar-refractivity contribution in [2.24, 2.45) is 11.3 Å². The summed E-state index contributed by atoms with van der Waals surface area (Å²) < 4.78 is 5.12. The van der Waals surface area contributed by atoms with E-state index in [0.717, 1.165) is 29.0 Å². The molecule has 4 rings (SSSR count). The lowest BCUT2D eigenvalue weighted by atomic mass is 9.64. The molecule has 2 heterocycles. The number of para-hydroxylation sites is 1. The molecule has 1 spiro atoms. The molecule has 0 aromatic heterocycles. The van der Waals surface area contributed by atoms with Gasteiger partial charge in [-0.1, -0.05) is 39.0 Å². The third-order valence-corrected chi connectivity index (χ3v) is 6.46. The first kappa shape index (κ1) is 21.3. The van der Waals surface area contributed by atoms with Crippen LogP contribution in [-0.2, 0) is 25.5 Å². The predicted molar refractivity (Wildman–Crippen MR) is 113 cm³/mol. The van der Waals surface area contributed by atoms with Crippen LogP contribution >= 0.6 is 0 Å². The number of hydrogen-bond donors (Lipinski definition) is 1. The van der Waals surface area contributed by atoms with Crippen LogP contribution in [0.15, 0.2) is 24.3 Å². The summed E-state index contributed by atoms with van der Waals surface area (Å²) in [7, 11) is 0. The SMILES string of the molecule is C[C@@H]1CC(C)(C)C[C@]2(C1)NC(=O)N(CC(=O)OCC(=O)N1CCc3ccccc31)C2=O. The Labute approximate surface area is 181 Å². The number of ether oxygens (including phenoxy) is 1. The van der Waals surface area contributed by atoms with Crippen LogP contribution in [0.4, 0.5) is 10.5 Å². The average Bonchev–Trinajstić information content (AvgIpc) is 3.20. The average molecular weight is 428 g/mol. The zero-order valence-electron chi connectivity index (χ0n) is 18.3. The van der Waals surface area contributed by atoms with E-state index in [1.807, 2.05) is 24.3 Å². The molecule has 8 nitrogen and oxygen atoms in total. The number of fused-ring (bicyclic) bond motifs is 1. The van der Waals surface area contributed by atoms with Crippen LogP contribution in [0.2, 0.25) is 0 Å². The number of nitrogens with one attached hydrogen (secondary N) is 1. The first-order valence-electron chi connectivity index (χ1n) is 10.8. The molecule has 0 unspecified atom stereocenters. The third kappa shape index (κ3) is 4.03. The summed E-state index contributed by atoms with van der Waals surface area (Å²) in [6, 6.07) is 7.03. The molecule has 31 heavy (non-hydrogen) atoms. The number of urea groups is 1. The lowest BCUT2D eigenvalue weighted by Gasteiger charge is -2.43. The fraction of sp³-hybridized carbons (Fsp3) is 0.565. The summed E-state index contributed by atoms with van der Waals surface area (Å²) in [6.07, 6.45) is 2.82. The fourth-order valence-corrected chi connectivity index (χ4v) is 5.64. The molecule has 4 amide bonds. The molecule has 0 radical (unpaired) electrons. The molecule has 3 aliphatic rings. The normalized spacial score (nSPS) is 26.7. The molecule has 2 fully saturated rings. The standard InChI is InChI=1S/C23H29N3O5/c1-15-10-22(2,3)14-23(11-15)20(29)26(21(30)24-23)12-19(28)31-13-18(27)25-9-8-16-6-4-5-7-17(16)25/h4-7,15H,8-14H2,1-3H3,(H,24,30)/t15-,23+/m1/s1. The molecule has 8 heteroatoms. The van der Waals surface area contributed by atoms with Gasteiger partial charge in [0.05, 0.1) is 0 Å². The van der Waals surface area contributed by atoms with Gasteiger partial charge in [0.1, 0.15) is 12.1 Å². The molecule has 1 aliphatic carbocycles. The second kappa shape index (κ2) is 7.66. The Morgan fingerprint density at radius 2 is 1.94 bits per heavy atom. The van der Waals surface area contributed by atoms with E-state index in [2.05, 4.69) is 26.1 Å². The number of benzene rings is 1. The maximum atomic E-state index is 13.1. The number of nitrogens with zero attached hydrogens (tertiary/aromatic N) is 2. The minimum absolute atomic E-state index is 0.0877. The van der Waals surface area contributed by atoms with E-state index in [-0.39, 0.29) is 23.1 Å². The second-order valence-corrected chi connectivity index (χ2v) is 9.84. The predicted octanol–water partition coefficient (Wildman–Crippen LogP) is 2.26. The molecule has 166 valence electrons. The highest BCUT2D eigenvalue weighted by molar-refractivity contribution is 6.09. The summed E-state index contributed by atoms with van der Waals surface area (Å²) in [5.74, 6) is -1.20. The number of rotatable bonds is 4. The summed E-state index contributed by atoms with van der Waals surface area (Å²) in [5.41, 5.74) is 0.855. The highest BCUT2D eigenvalue weighted by Crippen LogP contribution is 2.46. The van der Waals surface area contributed by atoms with Crippen molar-refractivity contribution in [2.45, 2.75) is 52.0 Å². The summed E-state index contributed by atoms with van der Waals surface area (Å²) >= 11 is 0. The molecule has 1 aromatic rings. The van der Waals surface area contributed by atoms with Gasteiger partial charge in [0.25, 0.3) is 11.8 Å². The van der Waals surface area contributed by atoms with E-state index < -0.39 is 30.7 Å². The van der Waals surface area contributed by atoms with Crippen LogP contribution in [0.25, 0.3) is 0 Å². The van der Waals surface area contributed by atoms with E-state index in [9.17, 15) is 19.2 Å². The van der Waals surface area contributed by atoms with Crippen molar-refractivity contribution in [3.63, 3.8) is 0 Å². The lowest BCUT2D eigenvalue weighted by molar-refractivity contribution is -0.151. The minimum atomic E-state index is -0.965. The Kier molecular flexibility index (Phi) is 5.27. The van der Waals surface area contributed by atoms with Gasteiger partial charge < -0.3 is 15.0 Å². The summed E-state index contributed by atoms with van der Waals surface area (Å²) in [5, 5.41) is 2.84. The van der Waals surface area contributed by atoms with Gasteiger partial charge >= 0.3 is 12.0 Å². The number of imide groups is 1. The Hall–Kier alpha value is -2.90. The van der Waals surface area contributed by atoms with Gasteiger partial charge in [-0.15, -0.1) is 0 Å². The molecule has 1 N–H and O–H groups in total. The summed E-state index contributed by atoms with van der Waals surface area (Å²) in [6.45, 7) is 5.86. The van der Waals surface area contributed by atoms with Gasteiger partial charge in [-0.3, -0.25) is 19.3 Å². The van der Waals surface area contributed by atoms with Crippen molar-refractivity contribution in [3.8, 4) is 0 Å². The number of carbonyl (C=O) groups excluding carboxylic acids is 4. The zero-order valence-corrected chi connectivity index (χ0v) is 18.3. The van der Waals surface area contributed by atoms with Crippen LogP contribution < -0.4 is 10.2 Å². The number of hydrogen-bond acceptors (Lipinski definition) is 5. The van der Waals surface area contributed by atoms with Crippen LogP contribution in [0, 0.1) is 11.3 Å². The number of amides is 4. The molecule has 0 bridgehead atoms. The van der Waals surface area contributed by atoms with E-state index in [0.29, 0.717) is 19.4 Å². The van der Waals surface area contributed by atoms with Gasteiger partial charge in [0.2, 0.25) is 0 Å². The number of esters is 1. The van der Waals surface area contributed by atoms with Gasteiger partial charge in [-0.25, -0.2) is 4.79 Å². The number of carbonyl (C=O) groups is 4. The van der Waals surface area contributed by atoms with E-state index in [1.165, 1.54) is 0 Å². The second-order valence-electron chi connectivity index (χ2n) is 9.84. The fourth-order valence-electron chi connectivity index (χ4n) is 5.64.